The van der Waals surface area contributed by atoms with Crippen molar-refractivity contribution >= 4 is 17.8 Å². The van der Waals surface area contributed by atoms with Gasteiger partial charge in [0.2, 0.25) is 5.91 Å². The minimum absolute atomic E-state index is 0.102. The molecule has 9 heteroatoms. The molecule has 9 nitrogen and oxygen atoms in total. The van der Waals surface area contributed by atoms with Crippen LogP contribution in [0.3, 0.4) is 0 Å². The highest BCUT2D eigenvalue weighted by Gasteiger charge is 2.21. The fraction of sp³-hybridized carbons (Fsp3) is 0.417. The number of hydrogen-bond acceptors (Lipinski definition) is 6. The van der Waals surface area contributed by atoms with Crippen molar-refractivity contribution in [2.75, 3.05) is 7.11 Å². The van der Waals surface area contributed by atoms with Crippen molar-refractivity contribution in [2.45, 2.75) is 25.4 Å². The molecule has 0 saturated carbocycles. The van der Waals surface area contributed by atoms with Crippen molar-refractivity contribution in [3.63, 3.8) is 0 Å². The number of ether oxygens (including phenoxy) is 1. The van der Waals surface area contributed by atoms with Crippen molar-refractivity contribution in [2.24, 2.45) is 0 Å². The van der Waals surface area contributed by atoms with Crippen molar-refractivity contribution in [1.82, 2.24) is 14.9 Å². The Morgan fingerprint density at radius 1 is 1.48 bits per heavy atom. The van der Waals surface area contributed by atoms with Crippen LogP contribution >= 0.6 is 0 Å². The van der Waals surface area contributed by atoms with Crippen molar-refractivity contribution in [3.8, 4) is 0 Å². The number of nitrogens with one attached hydrogen (secondary N) is 1. The molecule has 21 heavy (non-hydrogen) atoms. The van der Waals surface area contributed by atoms with Crippen LogP contribution in [-0.2, 0) is 25.7 Å². The molecule has 0 fully saturated rings. The fourth-order valence-corrected chi connectivity index (χ4v) is 1.52. The highest BCUT2D eigenvalue weighted by Crippen LogP contribution is 2.00. The number of aromatic nitrogens is 2. The predicted octanol–water partition coefficient (Wildman–Crippen LogP) is -1.23. The Bertz CT molecular complexity index is 582. The van der Waals surface area contributed by atoms with Gasteiger partial charge < -0.3 is 15.2 Å². The van der Waals surface area contributed by atoms with E-state index in [0.29, 0.717) is 0 Å². The number of esters is 1. The lowest BCUT2D eigenvalue weighted by Gasteiger charge is -2.14. The lowest BCUT2D eigenvalue weighted by molar-refractivity contribution is -0.144. The molecule has 0 bridgehead atoms. The second-order valence-corrected chi connectivity index (χ2v) is 4.10. The summed E-state index contributed by atoms with van der Waals surface area (Å²) in [6.45, 7) is -0.353. The van der Waals surface area contributed by atoms with E-state index in [4.69, 9.17) is 5.11 Å². The van der Waals surface area contributed by atoms with Gasteiger partial charge in [0.25, 0.3) is 0 Å². The van der Waals surface area contributed by atoms with E-state index in [0.717, 1.165) is 4.57 Å². The number of carboxylic acids is 1. The van der Waals surface area contributed by atoms with E-state index in [-0.39, 0.29) is 19.4 Å². The quantitative estimate of drug-likeness (QED) is 0.603. The third kappa shape index (κ3) is 5.43. The van der Waals surface area contributed by atoms with Crippen molar-refractivity contribution in [3.05, 3.63) is 28.9 Å². The molecule has 0 saturated heterocycles. The third-order valence-electron chi connectivity index (χ3n) is 2.59. The van der Waals surface area contributed by atoms with Gasteiger partial charge in [0.05, 0.1) is 7.11 Å². The van der Waals surface area contributed by atoms with Crippen molar-refractivity contribution < 1.29 is 24.2 Å². The third-order valence-corrected chi connectivity index (χ3v) is 2.59. The first-order chi connectivity index (χ1) is 9.93. The molecule has 1 rings (SSSR count). The monoisotopic (exact) mass is 297 g/mol. The topological polar surface area (TPSA) is 128 Å². The zero-order valence-electron chi connectivity index (χ0n) is 11.3. The van der Waals surface area contributed by atoms with E-state index < -0.39 is 29.6 Å². The molecule has 0 aromatic carbocycles. The SMILES string of the molecule is COC(=O)CC[C@H](NC(=O)Cn1cccnc1=O)C(=O)O. The number of aliphatic carboxylic acids is 1. The first-order valence-corrected chi connectivity index (χ1v) is 6.04. The minimum Gasteiger partial charge on any atom is -0.480 e. The predicted molar refractivity (Wildman–Crippen MR) is 69.3 cm³/mol. The van der Waals surface area contributed by atoms with Gasteiger partial charge in [-0.15, -0.1) is 0 Å². The highest BCUT2D eigenvalue weighted by atomic mass is 16.5. The average molecular weight is 297 g/mol. The van der Waals surface area contributed by atoms with Crippen LogP contribution in [0.25, 0.3) is 0 Å². The zero-order valence-corrected chi connectivity index (χ0v) is 11.3. The van der Waals surface area contributed by atoms with Gasteiger partial charge in [-0.25, -0.2) is 14.6 Å². The maximum Gasteiger partial charge on any atom is 0.347 e. The van der Waals surface area contributed by atoms with E-state index in [1.54, 1.807) is 0 Å². The van der Waals surface area contributed by atoms with Gasteiger partial charge in [0, 0.05) is 18.8 Å². The first-order valence-electron chi connectivity index (χ1n) is 6.04. The summed E-state index contributed by atoms with van der Waals surface area (Å²) in [6, 6.07) is 0.240. The Morgan fingerprint density at radius 2 is 2.19 bits per heavy atom. The van der Waals surface area contributed by atoms with Crippen LogP contribution in [-0.4, -0.2) is 45.7 Å². The van der Waals surface area contributed by atoms with E-state index in [1.807, 2.05) is 0 Å². The number of amides is 1. The van der Waals surface area contributed by atoms with Crippen LogP contribution in [0.2, 0.25) is 0 Å². The second-order valence-electron chi connectivity index (χ2n) is 4.10. The summed E-state index contributed by atoms with van der Waals surface area (Å²) in [5.74, 6) is -2.51. The Hall–Kier alpha value is -2.71. The molecule has 114 valence electrons. The lowest BCUT2D eigenvalue weighted by atomic mass is 10.1. The minimum atomic E-state index is -1.27. The molecule has 0 spiro atoms. The Labute approximate surface area is 119 Å². The zero-order chi connectivity index (χ0) is 15.8. The number of rotatable bonds is 7. The van der Waals surface area contributed by atoms with Crippen LogP contribution in [0.15, 0.2) is 23.3 Å². The van der Waals surface area contributed by atoms with Crippen molar-refractivity contribution in [1.29, 1.82) is 0 Å². The number of hydrogen-bond donors (Lipinski definition) is 2. The molecule has 0 unspecified atom stereocenters. The van der Waals surface area contributed by atoms with Crippen LogP contribution in [0.5, 0.6) is 0 Å². The van der Waals surface area contributed by atoms with Gasteiger partial charge in [0.15, 0.2) is 0 Å². The highest BCUT2D eigenvalue weighted by molar-refractivity contribution is 5.83. The van der Waals surface area contributed by atoms with Gasteiger partial charge in [0.1, 0.15) is 12.6 Å². The number of carboxylic acid groups (broad SMARTS) is 1. The van der Waals surface area contributed by atoms with Gasteiger partial charge >= 0.3 is 17.6 Å². The number of methoxy groups -OCH3 is 1. The normalized spacial score (nSPS) is 11.5. The van der Waals surface area contributed by atoms with E-state index in [2.05, 4.69) is 15.0 Å². The Kier molecular flexibility index (Phi) is 6.05. The molecule has 1 heterocycles. The average Bonchev–Trinajstić information content (AvgIpc) is 2.45. The fourth-order valence-electron chi connectivity index (χ4n) is 1.52. The second kappa shape index (κ2) is 7.78. The van der Waals surface area contributed by atoms with Crippen LogP contribution < -0.4 is 11.0 Å². The van der Waals surface area contributed by atoms with Crippen LogP contribution in [0, 0.1) is 0 Å². The van der Waals surface area contributed by atoms with Gasteiger partial charge in [-0.1, -0.05) is 0 Å². The smallest absolute Gasteiger partial charge is 0.347 e. The molecular weight excluding hydrogens is 282 g/mol. The molecule has 0 aliphatic carbocycles. The summed E-state index contributed by atoms with van der Waals surface area (Å²) < 4.78 is 5.43. The molecular formula is C12H15N3O6. The lowest BCUT2D eigenvalue weighted by Crippen LogP contribution is -2.43. The standard InChI is InChI=1S/C12H15N3O6/c1-21-10(17)4-3-8(11(18)19)14-9(16)7-15-6-2-5-13-12(15)20/h2,5-6,8H,3-4,7H2,1H3,(H,14,16)(H,18,19)/t8-/m0/s1. The molecule has 2 N–H and O–H groups in total. The van der Waals surface area contributed by atoms with E-state index >= 15 is 0 Å². The van der Waals surface area contributed by atoms with Crippen LogP contribution in [0.4, 0.5) is 0 Å². The van der Waals surface area contributed by atoms with Crippen LogP contribution in [0.1, 0.15) is 12.8 Å². The Balaban J connectivity index is 2.61. The van der Waals surface area contributed by atoms with Gasteiger partial charge in [-0.2, -0.15) is 0 Å². The maximum absolute atomic E-state index is 11.7. The van der Waals surface area contributed by atoms with Gasteiger partial charge in [-0.3, -0.25) is 14.2 Å². The van der Waals surface area contributed by atoms with E-state index in [1.165, 1.54) is 25.6 Å². The largest absolute Gasteiger partial charge is 0.480 e. The summed E-state index contributed by atoms with van der Waals surface area (Å²) in [7, 11) is 1.19. The summed E-state index contributed by atoms with van der Waals surface area (Å²) in [6.07, 6.45) is 2.41. The molecule has 0 radical (unpaired) electrons. The first kappa shape index (κ1) is 16.3. The molecule has 1 atom stereocenters. The van der Waals surface area contributed by atoms with Gasteiger partial charge in [-0.05, 0) is 12.5 Å². The molecule has 1 aromatic heterocycles. The number of carbonyl (C=O) groups is 3. The molecule has 0 aliphatic rings. The van der Waals surface area contributed by atoms with E-state index in [9.17, 15) is 19.2 Å². The molecule has 0 aliphatic heterocycles. The molecule has 1 amide bonds. The summed E-state index contributed by atoms with van der Waals surface area (Å²) >= 11 is 0. The number of nitrogens with zero attached hydrogens (tertiary/aromatic N) is 2. The Morgan fingerprint density at radius 3 is 2.76 bits per heavy atom. The summed E-state index contributed by atoms with van der Waals surface area (Å²) in [4.78, 5) is 48.5. The summed E-state index contributed by atoms with van der Waals surface area (Å²) in [5, 5.41) is 11.2. The maximum atomic E-state index is 11.7. The summed E-state index contributed by atoms with van der Waals surface area (Å²) in [5.41, 5.74) is -0.617. The molecule has 1 aromatic rings. The number of carbonyl (C=O) groups excluding carboxylic acids is 2.